The van der Waals surface area contributed by atoms with Crippen LogP contribution in [0.25, 0.3) is 0 Å². The Morgan fingerprint density at radius 2 is 1.90 bits per heavy atom. The summed E-state index contributed by atoms with van der Waals surface area (Å²) in [5.41, 5.74) is 8.78. The zero-order valence-corrected chi connectivity index (χ0v) is 20.1. The number of halogens is 1. The largest absolute Gasteiger partial charge is 0.397 e. The van der Waals surface area contributed by atoms with Gasteiger partial charge in [0.2, 0.25) is 0 Å². The molecule has 2 aliphatic rings. The van der Waals surface area contributed by atoms with Crippen LogP contribution in [0.5, 0.6) is 0 Å². The second-order valence-corrected chi connectivity index (χ2v) is 9.60. The van der Waals surface area contributed by atoms with Crippen molar-refractivity contribution >= 4 is 38.8 Å². The first-order valence-corrected chi connectivity index (χ1v) is 11.7. The molecule has 31 heavy (non-hydrogen) atoms. The molecule has 3 N–H and O–H groups in total. The number of nitrogen functional groups attached to an aromatic ring is 1. The Hall–Kier alpha value is -2.10. The lowest BCUT2D eigenvalue weighted by molar-refractivity contribution is 0.0920. The van der Waals surface area contributed by atoms with Crippen LogP contribution in [0.4, 0.5) is 22.9 Å². The van der Waals surface area contributed by atoms with Crippen molar-refractivity contribution in [1.82, 2.24) is 19.4 Å². The molecule has 8 nitrogen and oxygen atoms in total. The number of aromatic nitrogens is 2. The number of rotatable bonds is 4. The SMILES string of the molecule is C[C@H]1CC(N2CCN(C)CC2)CCN1c1ccc(Nc2nc(Br)cn(C)c2=O)cc1N. The highest BCUT2D eigenvalue weighted by Crippen LogP contribution is 2.33. The maximum Gasteiger partial charge on any atom is 0.293 e. The molecule has 0 radical (unpaired) electrons. The summed E-state index contributed by atoms with van der Waals surface area (Å²) in [6.07, 6.45) is 3.95. The van der Waals surface area contributed by atoms with Crippen LogP contribution in [-0.4, -0.2) is 71.2 Å². The maximum absolute atomic E-state index is 12.3. The lowest BCUT2D eigenvalue weighted by Crippen LogP contribution is -2.54. The zero-order chi connectivity index (χ0) is 22.1. The van der Waals surface area contributed by atoms with Crippen molar-refractivity contribution in [1.29, 1.82) is 0 Å². The van der Waals surface area contributed by atoms with E-state index in [0.29, 0.717) is 22.4 Å². The minimum atomic E-state index is -0.189. The smallest absolute Gasteiger partial charge is 0.293 e. The Bertz CT molecular complexity index is 986. The van der Waals surface area contributed by atoms with Gasteiger partial charge in [-0.3, -0.25) is 9.69 Å². The highest BCUT2D eigenvalue weighted by molar-refractivity contribution is 9.10. The lowest BCUT2D eigenvalue weighted by atomic mass is 9.95. The summed E-state index contributed by atoms with van der Waals surface area (Å²) in [6, 6.07) is 6.98. The summed E-state index contributed by atoms with van der Waals surface area (Å²) in [5, 5.41) is 3.11. The highest BCUT2D eigenvalue weighted by atomic mass is 79.9. The zero-order valence-electron chi connectivity index (χ0n) is 18.5. The molecule has 4 rings (SSSR count). The Balaban J connectivity index is 1.44. The van der Waals surface area contributed by atoms with Crippen molar-refractivity contribution in [3.63, 3.8) is 0 Å². The van der Waals surface area contributed by atoms with Gasteiger partial charge >= 0.3 is 0 Å². The van der Waals surface area contributed by atoms with Gasteiger partial charge in [-0.15, -0.1) is 0 Å². The fraction of sp³-hybridized carbons (Fsp3) is 0.545. The lowest BCUT2D eigenvalue weighted by Gasteiger charge is -2.45. The van der Waals surface area contributed by atoms with Gasteiger partial charge in [-0.25, -0.2) is 4.98 Å². The van der Waals surface area contributed by atoms with Gasteiger partial charge in [0.25, 0.3) is 5.56 Å². The molecular formula is C22H32BrN7O. The van der Waals surface area contributed by atoms with E-state index in [2.05, 4.69) is 54.9 Å². The number of hydrogen-bond donors (Lipinski definition) is 2. The molecule has 0 spiro atoms. The van der Waals surface area contributed by atoms with Gasteiger partial charge in [-0.1, -0.05) is 0 Å². The Kier molecular flexibility index (Phi) is 6.55. The van der Waals surface area contributed by atoms with Crippen molar-refractivity contribution in [2.45, 2.75) is 31.8 Å². The van der Waals surface area contributed by atoms with Crippen LogP contribution < -0.4 is 21.5 Å². The Labute approximate surface area is 192 Å². The van der Waals surface area contributed by atoms with Gasteiger partial charge in [-0.2, -0.15) is 0 Å². The number of nitrogens with two attached hydrogens (primary N) is 1. The number of nitrogens with zero attached hydrogens (tertiary/aromatic N) is 5. The normalized spacial score (nSPS) is 23.2. The van der Waals surface area contributed by atoms with Crippen LogP contribution in [0.2, 0.25) is 0 Å². The van der Waals surface area contributed by atoms with E-state index in [1.807, 2.05) is 18.2 Å². The first-order valence-electron chi connectivity index (χ1n) is 10.9. The van der Waals surface area contributed by atoms with E-state index in [0.717, 1.165) is 43.9 Å². The third-order valence-corrected chi connectivity index (χ3v) is 6.93. The summed E-state index contributed by atoms with van der Waals surface area (Å²) in [7, 11) is 3.90. The van der Waals surface area contributed by atoms with Crippen molar-refractivity contribution in [3.05, 3.63) is 39.4 Å². The van der Waals surface area contributed by atoms with E-state index in [1.54, 1.807) is 13.2 Å². The topological polar surface area (TPSA) is 82.7 Å². The molecule has 1 unspecified atom stereocenters. The monoisotopic (exact) mass is 489 g/mol. The molecule has 0 aliphatic carbocycles. The summed E-state index contributed by atoms with van der Waals surface area (Å²) >= 11 is 3.33. The third-order valence-electron chi connectivity index (χ3n) is 6.54. The van der Waals surface area contributed by atoms with Crippen LogP contribution in [0, 0.1) is 0 Å². The van der Waals surface area contributed by atoms with Gasteiger partial charge in [0.15, 0.2) is 5.82 Å². The summed E-state index contributed by atoms with van der Waals surface area (Å²) in [4.78, 5) is 24.1. The molecule has 0 amide bonds. The molecule has 1 aromatic heterocycles. The van der Waals surface area contributed by atoms with E-state index < -0.39 is 0 Å². The fourth-order valence-corrected chi connectivity index (χ4v) is 5.19. The van der Waals surface area contributed by atoms with Crippen molar-refractivity contribution in [2.75, 3.05) is 55.7 Å². The molecule has 2 atom stereocenters. The highest BCUT2D eigenvalue weighted by Gasteiger charge is 2.31. The number of anilines is 4. The first kappa shape index (κ1) is 22.1. The van der Waals surface area contributed by atoms with Gasteiger partial charge in [0.1, 0.15) is 4.60 Å². The van der Waals surface area contributed by atoms with Crippen molar-refractivity contribution in [2.24, 2.45) is 7.05 Å². The quantitative estimate of drug-likeness (QED) is 0.638. The standard InChI is InChI=1S/C22H32BrN7O/c1-15-12-17(29-10-8-27(2)9-11-29)6-7-30(15)19-5-4-16(13-18(19)24)25-21-22(31)28(3)14-20(23)26-21/h4-5,13-15,17H,6-12,24H2,1-3H3,(H,25,26)/t15-,17?/m0/s1. The molecule has 3 heterocycles. The van der Waals surface area contributed by atoms with Crippen molar-refractivity contribution < 1.29 is 0 Å². The number of piperazine rings is 1. The van der Waals surface area contributed by atoms with Crippen LogP contribution in [-0.2, 0) is 7.05 Å². The number of benzene rings is 1. The van der Waals surface area contributed by atoms with E-state index in [9.17, 15) is 4.79 Å². The van der Waals surface area contributed by atoms with Gasteiger partial charge in [0.05, 0.1) is 11.4 Å². The minimum Gasteiger partial charge on any atom is -0.397 e. The van der Waals surface area contributed by atoms with Gasteiger partial charge < -0.3 is 25.4 Å². The Morgan fingerprint density at radius 3 is 2.58 bits per heavy atom. The molecule has 2 saturated heterocycles. The molecule has 0 bridgehead atoms. The number of nitrogens with one attached hydrogen (secondary N) is 1. The summed E-state index contributed by atoms with van der Waals surface area (Å²) in [5.74, 6) is 0.269. The minimum absolute atomic E-state index is 0.189. The number of piperidine rings is 1. The predicted octanol–water partition coefficient (Wildman–Crippen LogP) is 2.47. The van der Waals surface area contributed by atoms with E-state index >= 15 is 0 Å². The fourth-order valence-electron chi connectivity index (χ4n) is 4.70. The molecule has 168 valence electrons. The molecular weight excluding hydrogens is 458 g/mol. The average molecular weight is 490 g/mol. The molecule has 2 aromatic rings. The van der Waals surface area contributed by atoms with Gasteiger partial charge in [0, 0.05) is 63.7 Å². The summed E-state index contributed by atoms with van der Waals surface area (Å²) < 4.78 is 2.09. The van der Waals surface area contributed by atoms with E-state index in [4.69, 9.17) is 5.73 Å². The third kappa shape index (κ3) is 4.88. The second kappa shape index (κ2) is 9.18. The van der Waals surface area contributed by atoms with Crippen LogP contribution in [0.3, 0.4) is 0 Å². The van der Waals surface area contributed by atoms with Gasteiger partial charge in [-0.05, 0) is 60.9 Å². The molecule has 2 fully saturated rings. The molecule has 0 saturated carbocycles. The van der Waals surface area contributed by atoms with Crippen LogP contribution >= 0.6 is 15.9 Å². The number of likely N-dealkylation sites (N-methyl/N-ethyl adjacent to an activating group) is 1. The van der Waals surface area contributed by atoms with E-state index in [1.165, 1.54) is 17.7 Å². The van der Waals surface area contributed by atoms with Crippen molar-refractivity contribution in [3.8, 4) is 0 Å². The predicted molar refractivity (Wildman–Crippen MR) is 130 cm³/mol. The van der Waals surface area contributed by atoms with Crippen LogP contribution in [0.15, 0.2) is 33.8 Å². The first-order chi connectivity index (χ1) is 14.8. The Morgan fingerprint density at radius 1 is 1.16 bits per heavy atom. The molecule has 9 heteroatoms. The number of hydrogen-bond acceptors (Lipinski definition) is 7. The molecule has 1 aromatic carbocycles. The number of aryl methyl sites for hydroxylation is 1. The van der Waals surface area contributed by atoms with Crippen LogP contribution in [0.1, 0.15) is 19.8 Å². The van der Waals surface area contributed by atoms with E-state index in [-0.39, 0.29) is 11.4 Å². The molecule has 2 aliphatic heterocycles. The summed E-state index contributed by atoms with van der Waals surface area (Å²) in [6.45, 7) is 7.95. The average Bonchev–Trinajstić information content (AvgIpc) is 2.73. The maximum atomic E-state index is 12.3. The second-order valence-electron chi connectivity index (χ2n) is 8.79.